The predicted molar refractivity (Wildman–Crippen MR) is 108 cm³/mol. The fourth-order valence-electron chi connectivity index (χ4n) is 3.65. The van der Waals surface area contributed by atoms with E-state index < -0.39 is 0 Å². The number of imidazole rings is 1. The van der Waals surface area contributed by atoms with Gasteiger partial charge in [-0.25, -0.2) is 9.97 Å². The van der Waals surface area contributed by atoms with Crippen LogP contribution in [0.15, 0.2) is 54.9 Å². The number of para-hydroxylation sites is 2. The van der Waals surface area contributed by atoms with Crippen LogP contribution in [0.25, 0.3) is 33.8 Å². The van der Waals surface area contributed by atoms with Crippen molar-refractivity contribution in [1.29, 1.82) is 0 Å². The van der Waals surface area contributed by atoms with Crippen LogP contribution in [-0.2, 0) is 0 Å². The Balaban J connectivity index is 1.54. The molecule has 1 radical (unpaired) electrons. The van der Waals surface area contributed by atoms with Gasteiger partial charge in [0.1, 0.15) is 11.6 Å². The van der Waals surface area contributed by atoms with Crippen molar-refractivity contribution >= 4 is 11.0 Å². The Morgan fingerprint density at radius 2 is 1.93 bits per heavy atom. The molecule has 1 atom stereocenters. The quantitative estimate of drug-likeness (QED) is 0.502. The van der Waals surface area contributed by atoms with Gasteiger partial charge in [-0.3, -0.25) is 4.98 Å². The fraction of sp³-hybridized carbons (Fsp3) is 0.227. The number of halogens is 1. The summed E-state index contributed by atoms with van der Waals surface area (Å²) in [5.74, 6) is 0.192. The maximum Gasteiger partial charge on any atom is 0.317 e. The second kappa shape index (κ2) is 7.58. The maximum atomic E-state index is 15.0. The van der Waals surface area contributed by atoms with Crippen molar-refractivity contribution in [2.75, 3.05) is 0 Å². The highest BCUT2D eigenvalue weighted by atomic mass is 19.2. The number of benzene rings is 1. The second-order valence-corrected chi connectivity index (χ2v) is 7.02. The average Bonchev–Trinajstić information content (AvgIpc) is 3.11. The Bertz CT molecular complexity index is 1150. The molecule has 1 aliphatic rings. The molecule has 6 nitrogen and oxygen atoms in total. The lowest BCUT2D eigenvalue weighted by atomic mass is 9.98. The largest absolute Gasteiger partial charge is 0.460 e. The summed E-state index contributed by atoms with van der Waals surface area (Å²) in [6.45, 7) is 0. The van der Waals surface area contributed by atoms with E-state index in [4.69, 9.17) is 4.74 Å². The van der Waals surface area contributed by atoms with Crippen molar-refractivity contribution in [1.82, 2.24) is 24.7 Å². The molecule has 3 aromatic heterocycles. The number of hydrogen-bond acceptors (Lipinski definition) is 5. The van der Waals surface area contributed by atoms with Crippen LogP contribution in [0.3, 0.4) is 0 Å². The van der Waals surface area contributed by atoms with Gasteiger partial charge in [0.15, 0.2) is 5.82 Å². The van der Waals surface area contributed by atoms with Crippen molar-refractivity contribution < 1.29 is 9.22 Å². The molecule has 7 heteroatoms. The monoisotopic (exact) mass is 388 g/mol. The Morgan fingerprint density at radius 3 is 2.79 bits per heavy atom. The van der Waals surface area contributed by atoms with E-state index >= 15 is 0 Å². The number of rotatable bonds is 4. The summed E-state index contributed by atoms with van der Waals surface area (Å²) < 4.78 is 20.9. The molecule has 145 valence electrons. The van der Waals surface area contributed by atoms with Crippen molar-refractivity contribution in [3.8, 4) is 28.8 Å². The highest BCUT2D eigenvalue weighted by Crippen LogP contribution is 2.32. The highest BCUT2D eigenvalue weighted by molar-refractivity contribution is 5.84. The molecule has 5 rings (SSSR count). The van der Waals surface area contributed by atoms with Crippen molar-refractivity contribution in [2.45, 2.75) is 31.8 Å². The number of pyridine rings is 1. The molecular weight excluding hydrogens is 369 g/mol. The summed E-state index contributed by atoms with van der Waals surface area (Å²) in [4.78, 5) is 18.3. The van der Waals surface area contributed by atoms with E-state index in [9.17, 15) is 4.48 Å². The zero-order valence-electron chi connectivity index (χ0n) is 15.7. The first kappa shape index (κ1) is 17.7. The zero-order valence-corrected chi connectivity index (χ0v) is 15.7. The normalized spacial score (nSPS) is 14.9. The molecule has 0 spiro atoms. The fourth-order valence-corrected chi connectivity index (χ4v) is 3.65. The molecule has 0 amide bonds. The number of aromatic nitrogens is 5. The van der Waals surface area contributed by atoms with Crippen LogP contribution >= 0.6 is 0 Å². The summed E-state index contributed by atoms with van der Waals surface area (Å²) in [7, 11) is 0. The Morgan fingerprint density at radius 1 is 1.00 bits per heavy atom. The first-order valence-corrected chi connectivity index (χ1v) is 9.70. The SMILES string of the molecule is Fn1c(-c2cccnc2-c2ccnc(OC3C[CH]CCC3)n2)nc2ccccc21. The van der Waals surface area contributed by atoms with E-state index in [1.54, 1.807) is 48.8 Å². The Labute approximate surface area is 167 Å². The molecule has 0 aliphatic heterocycles. The molecule has 1 fully saturated rings. The van der Waals surface area contributed by atoms with Crippen molar-refractivity contribution in [3.05, 3.63) is 61.3 Å². The van der Waals surface area contributed by atoms with Gasteiger partial charge in [-0.2, -0.15) is 9.77 Å². The van der Waals surface area contributed by atoms with Crippen LogP contribution in [0.4, 0.5) is 4.48 Å². The molecule has 0 bridgehead atoms. The van der Waals surface area contributed by atoms with Crippen LogP contribution in [0.2, 0.25) is 0 Å². The van der Waals surface area contributed by atoms with E-state index in [1.165, 1.54) is 0 Å². The van der Waals surface area contributed by atoms with Crippen LogP contribution in [0, 0.1) is 6.42 Å². The molecule has 29 heavy (non-hydrogen) atoms. The molecule has 1 aromatic carbocycles. The van der Waals surface area contributed by atoms with Gasteiger partial charge in [0.05, 0.1) is 16.9 Å². The standard InChI is InChI=1S/C22H19FN5O/c23-28-19-11-5-4-10-17(19)26-21(28)16-9-6-13-24-20(16)18-12-14-25-22(27-18)29-15-7-2-1-3-8-15/h2,4-6,9-15H,1,3,7-8H2. The third-order valence-corrected chi connectivity index (χ3v) is 5.07. The van der Waals surface area contributed by atoms with Crippen LogP contribution in [-0.4, -0.2) is 30.8 Å². The maximum absolute atomic E-state index is 15.0. The summed E-state index contributed by atoms with van der Waals surface area (Å²) in [5, 5.41) is 0. The Hall–Kier alpha value is -3.35. The zero-order chi connectivity index (χ0) is 19.6. The molecule has 1 saturated carbocycles. The lowest BCUT2D eigenvalue weighted by Gasteiger charge is -2.21. The van der Waals surface area contributed by atoms with E-state index in [-0.39, 0.29) is 11.9 Å². The molecule has 1 aliphatic carbocycles. The number of ether oxygens (including phenoxy) is 1. The second-order valence-electron chi connectivity index (χ2n) is 7.02. The molecule has 1 unspecified atom stereocenters. The molecule has 4 aromatic rings. The summed E-state index contributed by atoms with van der Waals surface area (Å²) in [5.41, 5.74) is 2.65. The van der Waals surface area contributed by atoms with Gasteiger partial charge >= 0.3 is 6.01 Å². The van der Waals surface area contributed by atoms with Gasteiger partial charge in [-0.1, -0.05) is 16.6 Å². The minimum absolute atomic E-state index is 0.0947. The molecule has 0 saturated heterocycles. The smallest absolute Gasteiger partial charge is 0.317 e. The van der Waals surface area contributed by atoms with Gasteiger partial charge in [0.25, 0.3) is 0 Å². The number of nitrogens with zero attached hydrogens (tertiary/aromatic N) is 5. The number of hydrogen-bond donors (Lipinski definition) is 0. The minimum Gasteiger partial charge on any atom is -0.460 e. The van der Waals surface area contributed by atoms with Gasteiger partial charge in [0.2, 0.25) is 0 Å². The van der Waals surface area contributed by atoms with Gasteiger partial charge in [-0.15, -0.1) is 0 Å². The van der Waals surface area contributed by atoms with Gasteiger partial charge in [-0.05, 0) is 62.4 Å². The van der Waals surface area contributed by atoms with Crippen LogP contribution in [0.5, 0.6) is 6.01 Å². The predicted octanol–water partition coefficient (Wildman–Crippen LogP) is 4.81. The lowest BCUT2D eigenvalue weighted by Crippen LogP contribution is -2.21. The van der Waals surface area contributed by atoms with E-state index in [2.05, 4.69) is 26.4 Å². The van der Waals surface area contributed by atoms with E-state index in [0.717, 1.165) is 25.7 Å². The minimum atomic E-state index is 0.0947. The summed E-state index contributed by atoms with van der Waals surface area (Å²) in [6, 6.07) is 12.7. The van der Waals surface area contributed by atoms with Gasteiger partial charge in [0, 0.05) is 18.0 Å². The summed E-state index contributed by atoms with van der Waals surface area (Å²) >= 11 is 0. The van der Waals surface area contributed by atoms with E-state index in [1.807, 2.05) is 6.07 Å². The molecular formula is C22H19FN5O. The summed E-state index contributed by atoms with van der Waals surface area (Å²) in [6.07, 6.45) is 9.75. The highest BCUT2D eigenvalue weighted by Gasteiger charge is 2.20. The van der Waals surface area contributed by atoms with Crippen molar-refractivity contribution in [3.63, 3.8) is 0 Å². The Kier molecular flexibility index (Phi) is 4.63. The number of fused-ring (bicyclic) bond motifs is 1. The topological polar surface area (TPSA) is 65.7 Å². The average molecular weight is 388 g/mol. The molecule has 3 heterocycles. The third kappa shape index (κ3) is 3.44. The van der Waals surface area contributed by atoms with Crippen molar-refractivity contribution in [2.24, 2.45) is 0 Å². The first-order valence-electron chi connectivity index (χ1n) is 9.70. The lowest BCUT2D eigenvalue weighted by molar-refractivity contribution is 0.159. The molecule has 0 N–H and O–H groups in total. The van der Waals surface area contributed by atoms with Crippen LogP contribution in [0.1, 0.15) is 25.7 Å². The van der Waals surface area contributed by atoms with E-state index in [0.29, 0.717) is 38.8 Å². The van der Waals surface area contributed by atoms with Crippen LogP contribution < -0.4 is 4.74 Å². The third-order valence-electron chi connectivity index (χ3n) is 5.07. The van der Waals surface area contributed by atoms with Gasteiger partial charge < -0.3 is 4.74 Å². The first-order chi connectivity index (χ1) is 14.3.